The summed E-state index contributed by atoms with van der Waals surface area (Å²) in [5.41, 5.74) is 1.20. The van der Waals surface area contributed by atoms with Crippen LogP contribution in [0.4, 0.5) is 0 Å². The van der Waals surface area contributed by atoms with Gasteiger partial charge in [0.05, 0.1) is 12.2 Å². The molecule has 0 radical (unpaired) electrons. The Bertz CT molecular complexity index is 815. The Labute approximate surface area is 170 Å². The Morgan fingerprint density at radius 2 is 2.00 bits per heavy atom. The molecule has 0 unspecified atom stereocenters. The highest BCUT2D eigenvalue weighted by Crippen LogP contribution is 2.34. The van der Waals surface area contributed by atoms with E-state index in [2.05, 4.69) is 28.2 Å². The summed E-state index contributed by atoms with van der Waals surface area (Å²) in [6.45, 7) is 3.26. The summed E-state index contributed by atoms with van der Waals surface area (Å²) in [5.74, 6) is 2.50. The number of nitrogens with one attached hydrogen (secondary N) is 1. The highest BCUT2D eigenvalue weighted by molar-refractivity contribution is 7.99. The third-order valence-corrected chi connectivity index (χ3v) is 6.27. The number of ether oxygens (including phenoxy) is 2. The van der Waals surface area contributed by atoms with E-state index in [9.17, 15) is 4.79 Å². The van der Waals surface area contributed by atoms with Gasteiger partial charge in [0.25, 0.3) is 0 Å². The van der Waals surface area contributed by atoms with Gasteiger partial charge in [-0.05, 0) is 56.4 Å². The molecule has 1 saturated carbocycles. The van der Waals surface area contributed by atoms with Crippen LogP contribution in [0.1, 0.15) is 43.7 Å². The van der Waals surface area contributed by atoms with Crippen molar-refractivity contribution in [3.63, 3.8) is 0 Å². The van der Waals surface area contributed by atoms with Crippen LogP contribution in [0.3, 0.4) is 0 Å². The molecule has 28 heavy (non-hydrogen) atoms. The predicted molar refractivity (Wildman–Crippen MR) is 109 cm³/mol. The fourth-order valence-corrected chi connectivity index (χ4v) is 4.67. The maximum Gasteiger partial charge on any atom is 0.221 e. The number of amides is 1. The summed E-state index contributed by atoms with van der Waals surface area (Å²) in [4.78, 5) is 13.4. The van der Waals surface area contributed by atoms with Crippen LogP contribution >= 0.6 is 11.8 Å². The molecule has 0 atom stereocenters. The Hall–Kier alpha value is -2.15. The smallest absolute Gasteiger partial charge is 0.221 e. The zero-order valence-corrected chi connectivity index (χ0v) is 17.0. The SMILES string of the molecule is Cc1cnn(C2CCC(NC(=O)CCSc3ccc4c(c3)OCCO4)CC2)c1. The molecule has 0 saturated heterocycles. The van der Waals surface area contributed by atoms with Crippen LogP contribution in [-0.4, -0.2) is 40.7 Å². The average molecular weight is 402 g/mol. The molecule has 150 valence electrons. The molecule has 0 bridgehead atoms. The molecule has 1 aliphatic heterocycles. The number of carbonyl (C=O) groups is 1. The number of fused-ring (bicyclic) bond motifs is 1. The Kier molecular flexibility index (Phi) is 6.10. The van der Waals surface area contributed by atoms with E-state index in [1.54, 1.807) is 11.8 Å². The van der Waals surface area contributed by atoms with Crippen LogP contribution in [-0.2, 0) is 4.79 Å². The van der Waals surface area contributed by atoms with Crippen molar-refractivity contribution in [2.45, 2.75) is 56.0 Å². The molecule has 0 spiro atoms. The van der Waals surface area contributed by atoms with Crippen LogP contribution < -0.4 is 14.8 Å². The molecule has 1 aromatic heterocycles. The minimum Gasteiger partial charge on any atom is -0.486 e. The molecule has 2 aromatic rings. The molecule has 1 fully saturated rings. The average Bonchev–Trinajstić information content (AvgIpc) is 3.15. The fraction of sp³-hybridized carbons (Fsp3) is 0.524. The first-order valence-corrected chi connectivity index (χ1v) is 11.0. The second kappa shape index (κ2) is 8.90. The molecule has 1 amide bonds. The lowest BCUT2D eigenvalue weighted by molar-refractivity contribution is -0.121. The van der Waals surface area contributed by atoms with E-state index in [0.29, 0.717) is 31.7 Å². The van der Waals surface area contributed by atoms with Gasteiger partial charge in [0.1, 0.15) is 13.2 Å². The quantitative estimate of drug-likeness (QED) is 0.747. The van der Waals surface area contributed by atoms with E-state index in [-0.39, 0.29) is 5.91 Å². The first-order valence-electron chi connectivity index (χ1n) is 10.00. The lowest BCUT2D eigenvalue weighted by Gasteiger charge is -2.29. The second-order valence-electron chi connectivity index (χ2n) is 7.47. The van der Waals surface area contributed by atoms with Gasteiger partial charge in [-0.3, -0.25) is 9.48 Å². The van der Waals surface area contributed by atoms with E-state index < -0.39 is 0 Å². The number of hydrogen-bond acceptors (Lipinski definition) is 5. The number of benzene rings is 1. The van der Waals surface area contributed by atoms with Gasteiger partial charge >= 0.3 is 0 Å². The Morgan fingerprint density at radius 3 is 2.75 bits per heavy atom. The van der Waals surface area contributed by atoms with E-state index in [0.717, 1.165) is 47.8 Å². The Morgan fingerprint density at radius 1 is 1.21 bits per heavy atom. The van der Waals surface area contributed by atoms with Gasteiger partial charge < -0.3 is 14.8 Å². The van der Waals surface area contributed by atoms with Gasteiger partial charge in [-0.15, -0.1) is 11.8 Å². The summed E-state index contributed by atoms with van der Waals surface area (Å²) in [6.07, 6.45) is 8.72. The summed E-state index contributed by atoms with van der Waals surface area (Å²) in [7, 11) is 0. The van der Waals surface area contributed by atoms with Crippen molar-refractivity contribution in [1.82, 2.24) is 15.1 Å². The molecular formula is C21H27N3O3S. The number of thioether (sulfide) groups is 1. The third kappa shape index (κ3) is 4.82. The van der Waals surface area contributed by atoms with Gasteiger partial charge in [0.15, 0.2) is 11.5 Å². The molecule has 6 nitrogen and oxygen atoms in total. The van der Waals surface area contributed by atoms with Crippen molar-refractivity contribution in [3.8, 4) is 11.5 Å². The molecular weight excluding hydrogens is 374 g/mol. The van der Waals surface area contributed by atoms with Crippen molar-refractivity contribution < 1.29 is 14.3 Å². The van der Waals surface area contributed by atoms with Crippen molar-refractivity contribution >= 4 is 17.7 Å². The topological polar surface area (TPSA) is 65.4 Å². The van der Waals surface area contributed by atoms with Gasteiger partial charge in [-0.1, -0.05) is 0 Å². The lowest BCUT2D eigenvalue weighted by Crippen LogP contribution is -2.38. The molecule has 4 rings (SSSR count). The maximum absolute atomic E-state index is 12.3. The standard InChI is InChI=1S/C21H27N3O3S/c1-15-13-22-24(14-15)17-4-2-16(3-5-17)23-21(25)8-11-28-18-6-7-19-20(12-18)27-10-9-26-19/h6-7,12-14,16-17H,2-5,8-11H2,1H3,(H,23,25). The fourth-order valence-electron chi connectivity index (χ4n) is 3.79. The Balaban J connectivity index is 1.17. The number of rotatable bonds is 6. The zero-order chi connectivity index (χ0) is 19.3. The van der Waals surface area contributed by atoms with E-state index in [1.807, 2.05) is 24.4 Å². The molecule has 1 aromatic carbocycles. The maximum atomic E-state index is 12.3. The van der Waals surface area contributed by atoms with Crippen molar-refractivity contribution in [1.29, 1.82) is 0 Å². The predicted octanol–water partition coefficient (Wildman–Crippen LogP) is 3.75. The molecule has 2 heterocycles. The highest BCUT2D eigenvalue weighted by atomic mass is 32.2. The zero-order valence-electron chi connectivity index (χ0n) is 16.2. The minimum absolute atomic E-state index is 0.142. The first kappa shape index (κ1) is 19.2. The van der Waals surface area contributed by atoms with Crippen molar-refractivity contribution in [3.05, 3.63) is 36.2 Å². The van der Waals surface area contributed by atoms with Gasteiger partial charge in [-0.2, -0.15) is 5.10 Å². The van der Waals surface area contributed by atoms with Crippen molar-refractivity contribution in [2.24, 2.45) is 0 Å². The summed E-state index contributed by atoms with van der Waals surface area (Å²) in [5, 5.41) is 7.64. The number of nitrogens with zero attached hydrogens (tertiary/aromatic N) is 2. The monoisotopic (exact) mass is 401 g/mol. The lowest BCUT2D eigenvalue weighted by atomic mass is 9.91. The molecule has 2 aliphatic rings. The van der Waals surface area contributed by atoms with Gasteiger partial charge in [0, 0.05) is 29.3 Å². The van der Waals surface area contributed by atoms with E-state index in [4.69, 9.17) is 9.47 Å². The number of hydrogen-bond donors (Lipinski definition) is 1. The normalized spacial score (nSPS) is 21.3. The van der Waals surface area contributed by atoms with Crippen LogP contribution in [0, 0.1) is 6.92 Å². The molecule has 7 heteroatoms. The van der Waals surface area contributed by atoms with Crippen molar-refractivity contribution in [2.75, 3.05) is 19.0 Å². The highest BCUT2D eigenvalue weighted by Gasteiger charge is 2.23. The third-order valence-electron chi connectivity index (χ3n) is 5.28. The summed E-state index contributed by atoms with van der Waals surface area (Å²) < 4.78 is 13.2. The number of carbonyl (C=O) groups excluding carboxylic acids is 1. The van der Waals surface area contributed by atoms with Crippen LogP contribution in [0.15, 0.2) is 35.5 Å². The van der Waals surface area contributed by atoms with Crippen LogP contribution in [0.25, 0.3) is 0 Å². The second-order valence-corrected chi connectivity index (χ2v) is 8.64. The van der Waals surface area contributed by atoms with Gasteiger partial charge in [-0.25, -0.2) is 0 Å². The summed E-state index contributed by atoms with van der Waals surface area (Å²) >= 11 is 1.68. The van der Waals surface area contributed by atoms with Crippen LogP contribution in [0.5, 0.6) is 11.5 Å². The van der Waals surface area contributed by atoms with E-state index in [1.165, 1.54) is 5.56 Å². The largest absolute Gasteiger partial charge is 0.486 e. The summed E-state index contributed by atoms with van der Waals surface area (Å²) in [6, 6.07) is 6.72. The van der Waals surface area contributed by atoms with Crippen LogP contribution in [0.2, 0.25) is 0 Å². The molecule has 1 aliphatic carbocycles. The minimum atomic E-state index is 0.142. The number of aryl methyl sites for hydroxylation is 1. The first-order chi connectivity index (χ1) is 13.7. The number of aromatic nitrogens is 2. The molecule has 1 N–H and O–H groups in total. The van der Waals surface area contributed by atoms with Gasteiger partial charge in [0.2, 0.25) is 5.91 Å². The van der Waals surface area contributed by atoms with E-state index >= 15 is 0 Å².